The van der Waals surface area contributed by atoms with Gasteiger partial charge in [0, 0.05) is 5.75 Å². The normalized spacial score (nSPS) is 14.0. The first-order chi connectivity index (χ1) is 9.13. The summed E-state index contributed by atoms with van der Waals surface area (Å²) in [6.07, 6.45) is 0.770. The van der Waals surface area contributed by atoms with Crippen molar-refractivity contribution in [3.8, 4) is 0 Å². The molecule has 0 fully saturated rings. The summed E-state index contributed by atoms with van der Waals surface area (Å²) in [5.41, 5.74) is 2.02. The van der Waals surface area contributed by atoms with E-state index in [4.69, 9.17) is 0 Å². The van der Waals surface area contributed by atoms with E-state index in [1.807, 2.05) is 55.5 Å². The first-order valence-corrected chi connectivity index (χ1v) is 9.48. The number of hydrogen-bond acceptors (Lipinski definition) is 2. The minimum absolute atomic E-state index is 0.548. The summed E-state index contributed by atoms with van der Waals surface area (Å²) in [6.45, 7) is -1.35. The smallest absolute Gasteiger partial charge is 0.285 e. The lowest BCUT2D eigenvalue weighted by Crippen LogP contribution is -2.08. The van der Waals surface area contributed by atoms with Gasteiger partial charge in [-0.3, -0.25) is 4.57 Å². The zero-order chi connectivity index (χ0) is 13.7. The van der Waals surface area contributed by atoms with E-state index in [0.29, 0.717) is 11.1 Å². The lowest BCUT2D eigenvalue weighted by atomic mass is 10.2. The molecule has 2 nitrogen and oxygen atoms in total. The summed E-state index contributed by atoms with van der Waals surface area (Å²) in [5.74, 6) is 0.548. The van der Waals surface area contributed by atoms with Crippen LogP contribution in [0.15, 0.2) is 54.6 Å². The minimum atomic E-state index is -3.35. The molecule has 2 rings (SSSR count). The largest absolute Gasteiger partial charge is 0.334 e. The van der Waals surface area contributed by atoms with Crippen molar-refractivity contribution in [3.05, 3.63) is 65.7 Å². The predicted molar refractivity (Wildman–Crippen MR) is 83.0 cm³/mol. The van der Waals surface area contributed by atoms with Crippen LogP contribution in [-0.4, -0.2) is 4.89 Å². The molecule has 0 saturated heterocycles. The van der Waals surface area contributed by atoms with Crippen LogP contribution in [0, 0.1) is 0 Å². The molecule has 19 heavy (non-hydrogen) atoms. The van der Waals surface area contributed by atoms with E-state index in [0.717, 1.165) is 28.9 Å². The number of rotatable bonds is 5. The zero-order valence-electron chi connectivity index (χ0n) is 10.8. The molecule has 0 aliphatic carbocycles. The SMILES string of the molecule is CCc1ccccc1P(=O)(O)SCc1ccccc1. The summed E-state index contributed by atoms with van der Waals surface area (Å²) in [7, 11) is 0. The third-order valence-corrected chi connectivity index (χ3v) is 6.81. The summed E-state index contributed by atoms with van der Waals surface area (Å²) < 4.78 is 12.5. The second-order valence-electron chi connectivity index (χ2n) is 4.26. The Morgan fingerprint density at radius 1 is 1.05 bits per heavy atom. The maximum atomic E-state index is 12.5. The molecule has 0 aliphatic rings. The average molecular weight is 292 g/mol. The molecule has 4 heteroatoms. The van der Waals surface area contributed by atoms with Crippen LogP contribution >= 0.6 is 18.0 Å². The molecule has 0 radical (unpaired) electrons. The monoisotopic (exact) mass is 292 g/mol. The maximum absolute atomic E-state index is 12.5. The van der Waals surface area contributed by atoms with Gasteiger partial charge < -0.3 is 4.89 Å². The van der Waals surface area contributed by atoms with E-state index < -0.39 is 6.57 Å². The number of benzene rings is 2. The van der Waals surface area contributed by atoms with Crippen LogP contribution in [-0.2, 0) is 16.7 Å². The van der Waals surface area contributed by atoms with Crippen molar-refractivity contribution < 1.29 is 9.46 Å². The Balaban J connectivity index is 2.16. The van der Waals surface area contributed by atoms with Crippen LogP contribution in [0.1, 0.15) is 18.1 Å². The molecular formula is C15H17O2PS. The zero-order valence-corrected chi connectivity index (χ0v) is 12.5. The maximum Gasteiger partial charge on any atom is 0.285 e. The highest BCUT2D eigenvalue weighted by atomic mass is 32.7. The highest BCUT2D eigenvalue weighted by Gasteiger charge is 2.24. The van der Waals surface area contributed by atoms with Crippen LogP contribution in [0.2, 0.25) is 0 Å². The third-order valence-electron chi connectivity index (χ3n) is 2.93. The second-order valence-corrected chi connectivity index (χ2v) is 8.59. The Labute approximate surface area is 118 Å². The fraction of sp³-hybridized carbons (Fsp3) is 0.200. The van der Waals surface area contributed by atoms with Gasteiger partial charge in [0.15, 0.2) is 0 Å². The lowest BCUT2D eigenvalue weighted by molar-refractivity contribution is 0.507. The molecule has 1 unspecified atom stereocenters. The fourth-order valence-electron chi connectivity index (χ4n) is 1.89. The van der Waals surface area contributed by atoms with E-state index >= 15 is 0 Å². The van der Waals surface area contributed by atoms with Crippen LogP contribution in [0.25, 0.3) is 0 Å². The van der Waals surface area contributed by atoms with Crippen molar-refractivity contribution in [2.24, 2.45) is 0 Å². The Morgan fingerprint density at radius 2 is 1.68 bits per heavy atom. The quantitative estimate of drug-likeness (QED) is 0.847. The Kier molecular flexibility index (Phi) is 4.87. The van der Waals surface area contributed by atoms with Gasteiger partial charge in [-0.1, -0.05) is 66.8 Å². The van der Waals surface area contributed by atoms with Crippen LogP contribution in [0.5, 0.6) is 0 Å². The van der Waals surface area contributed by atoms with Gasteiger partial charge in [-0.25, -0.2) is 0 Å². The molecule has 0 spiro atoms. The van der Waals surface area contributed by atoms with Gasteiger partial charge in [-0.15, -0.1) is 0 Å². The molecule has 2 aromatic rings. The molecule has 0 bridgehead atoms. The van der Waals surface area contributed by atoms with E-state index in [9.17, 15) is 9.46 Å². The van der Waals surface area contributed by atoms with Gasteiger partial charge in [0.25, 0.3) is 6.57 Å². The van der Waals surface area contributed by atoms with Gasteiger partial charge in [0.1, 0.15) is 0 Å². The van der Waals surface area contributed by atoms with Crippen molar-refractivity contribution in [2.75, 3.05) is 0 Å². The van der Waals surface area contributed by atoms with Crippen molar-refractivity contribution >= 4 is 23.3 Å². The van der Waals surface area contributed by atoms with Gasteiger partial charge >= 0.3 is 0 Å². The van der Waals surface area contributed by atoms with Crippen molar-refractivity contribution in [2.45, 2.75) is 19.1 Å². The highest BCUT2D eigenvalue weighted by Crippen LogP contribution is 2.55. The highest BCUT2D eigenvalue weighted by molar-refractivity contribution is 8.58. The van der Waals surface area contributed by atoms with Crippen LogP contribution in [0.3, 0.4) is 0 Å². The van der Waals surface area contributed by atoms with Crippen molar-refractivity contribution in [1.82, 2.24) is 0 Å². The summed E-state index contributed by atoms with van der Waals surface area (Å²) >= 11 is 1.13. The molecule has 1 atom stereocenters. The molecule has 0 aliphatic heterocycles. The molecule has 100 valence electrons. The Hall–Kier alpha value is -1.02. The van der Waals surface area contributed by atoms with Crippen LogP contribution < -0.4 is 5.30 Å². The molecule has 0 saturated carbocycles. The summed E-state index contributed by atoms with van der Waals surface area (Å²) in [4.78, 5) is 10.3. The average Bonchev–Trinajstić information content (AvgIpc) is 2.46. The van der Waals surface area contributed by atoms with Crippen molar-refractivity contribution in [1.29, 1.82) is 0 Å². The van der Waals surface area contributed by atoms with E-state index in [1.54, 1.807) is 6.07 Å². The molecular weight excluding hydrogens is 275 g/mol. The van der Waals surface area contributed by atoms with E-state index in [2.05, 4.69) is 0 Å². The minimum Gasteiger partial charge on any atom is -0.334 e. The lowest BCUT2D eigenvalue weighted by Gasteiger charge is -2.14. The summed E-state index contributed by atoms with van der Waals surface area (Å²) in [6, 6.07) is 17.2. The Bertz CT molecular complexity index is 584. The molecule has 0 heterocycles. The topological polar surface area (TPSA) is 37.3 Å². The third kappa shape index (κ3) is 3.73. The van der Waals surface area contributed by atoms with Crippen molar-refractivity contribution in [3.63, 3.8) is 0 Å². The van der Waals surface area contributed by atoms with Gasteiger partial charge in [0.2, 0.25) is 0 Å². The number of hydrogen-bond donors (Lipinski definition) is 1. The first-order valence-electron chi connectivity index (χ1n) is 6.23. The first kappa shape index (κ1) is 14.4. The van der Waals surface area contributed by atoms with Gasteiger partial charge in [-0.05, 0) is 23.6 Å². The number of aryl methyl sites for hydroxylation is 1. The fourth-order valence-corrected chi connectivity index (χ4v) is 5.34. The van der Waals surface area contributed by atoms with E-state index in [-0.39, 0.29) is 0 Å². The van der Waals surface area contributed by atoms with Gasteiger partial charge in [-0.2, -0.15) is 0 Å². The summed E-state index contributed by atoms with van der Waals surface area (Å²) in [5, 5.41) is 0.582. The second kappa shape index (κ2) is 6.42. The molecule has 1 N–H and O–H groups in total. The predicted octanol–water partition coefficient (Wildman–Crippen LogP) is 3.99. The molecule has 0 aromatic heterocycles. The van der Waals surface area contributed by atoms with Crippen LogP contribution in [0.4, 0.5) is 0 Å². The van der Waals surface area contributed by atoms with E-state index in [1.165, 1.54) is 0 Å². The molecule has 0 amide bonds. The molecule has 2 aromatic carbocycles. The standard InChI is InChI=1S/C15H17O2PS/c1-2-14-10-6-7-11-15(14)18(16,17)19-12-13-8-4-3-5-9-13/h3-11H,2,12H2,1H3,(H,16,17). The Morgan fingerprint density at radius 3 is 2.37 bits per heavy atom. The van der Waals surface area contributed by atoms with Gasteiger partial charge in [0.05, 0.1) is 5.30 Å².